The maximum atomic E-state index is 12.5. The van der Waals surface area contributed by atoms with E-state index in [1.54, 1.807) is 0 Å². The summed E-state index contributed by atoms with van der Waals surface area (Å²) in [6, 6.07) is 7.43. The van der Waals surface area contributed by atoms with Crippen LogP contribution in [0.5, 0.6) is 0 Å². The predicted octanol–water partition coefficient (Wildman–Crippen LogP) is 4.58. The first kappa shape index (κ1) is 22.0. The number of halogens is 6. The molecular formula is C14H20BrCl2F3N2. The molecule has 0 aromatic heterocycles. The lowest BCUT2D eigenvalue weighted by atomic mass is 9.99. The van der Waals surface area contributed by atoms with Crippen molar-refractivity contribution in [2.75, 3.05) is 26.2 Å². The van der Waals surface area contributed by atoms with Gasteiger partial charge in [-0.1, -0.05) is 28.1 Å². The lowest BCUT2D eigenvalue weighted by Gasteiger charge is -2.35. The van der Waals surface area contributed by atoms with E-state index in [1.165, 1.54) is 0 Å². The molecule has 1 aromatic rings. The van der Waals surface area contributed by atoms with E-state index in [4.69, 9.17) is 0 Å². The Hall–Kier alpha value is -0.0100. The van der Waals surface area contributed by atoms with Gasteiger partial charge < -0.3 is 5.32 Å². The second kappa shape index (κ2) is 9.98. The molecule has 0 saturated carbocycles. The van der Waals surface area contributed by atoms with Crippen LogP contribution in [0, 0.1) is 0 Å². The summed E-state index contributed by atoms with van der Waals surface area (Å²) in [5.74, 6) is 0. The Morgan fingerprint density at radius 2 is 1.82 bits per heavy atom. The minimum atomic E-state index is -4.10. The van der Waals surface area contributed by atoms with Gasteiger partial charge in [-0.05, 0) is 24.1 Å². The SMILES string of the molecule is Cl.Cl.FC(F)(F)CC[C@@H](c1cccc(Br)c1)N1CCNCC1. The van der Waals surface area contributed by atoms with E-state index in [-0.39, 0.29) is 37.3 Å². The molecule has 2 rings (SSSR count). The van der Waals surface area contributed by atoms with Gasteiger partial charge in [0.05, 0.1) is 0 Å². The van der Waals surface area contributed by atoms with Crippen molar-refractivity contribution in [3.63, 3.8) is 0 Å². The maximum absolute atomic E-state index is 12.5. The molecule has 22 heavy (non-hydrogen) atoms. The van der Waals surface area contributed by atoms with Gasteiger partial charge in [-0.25, -0.2) is 0 Å². The van der Waals surface area contributed by atoms with Gasteiger partial charge >= 0.3 is 6.18 Å². The number of nitrogens with zero attached hydrogens (tertiary/aromatic N) is 1. The molecule has 1 atom stereocenters. The Morgan fingerprint density at radius 1 is 1.18 bits per heavy atom. The number of alkyl halides is 3. The normalized spacial score (nSPS) is 17.3. The first-order chi connectivity index (χ1) is 9.46. The van der Waals surface area contributed by atoms with Crippen LogP contribution in [0.4, 0.5) is 13.2 Å². The van der Waals surface area contributed by atoms with Crippen molar-refractivity contribution < 1.29 is 13.2 Å². The van der Waals surface area contributed by atoms with Crippen molar-refractivity contribution in [1.82, 2.24) is 10.2 Å². The second-order valence-electron chi connectivity index (χ2n) is 5.01. The fourth-order valence-corrected chi connectivity index (χ4v) is 2.99. The fraction of sp³-hybridized carbons (Fsp3) is 0.571. The Bertz CT molecular complexity index is 440. The Kier molecular flexibility index (Phi) is 9.98. The van der Waals surface area contributed by atoms with Crippen LogP contribution in [-0.2, 0) is 0 Å². The monoisotopic (exact) mass is 422 g/mol. The van der Waals surface area contributed by atoms with Crippen LogP contribution in [0.15, 0.2) is 28.7 Å². The summed E-state index contributed by atoms with van der Waals surface area (Å²) in [7, 11) is 0. The standard InChI is InChI=1S/C14H18BrF3N2.2ClH/c15-12-3-1-2-11(10-12)13(4-5-14(16,17)18)20-8-6-19-7-9-20;;/h1-3,10,13,19H,4-9H2;2*1H/t13-;;/m0../s1. The van der Waals surface area contributed by atoms with Crippen molar-refractivity contribution in [3.05, 3.63) is 34.3 Å². The molecule has 0 bridgehead atoms. The zero-order valence-corrected chi connectivity index (χ0v) is 15.1. The van der Waals surface area contributed by atoms with Crippen LogP contribution < -0.4 is 5.32 Å². The number of piperazine rings is 1. The largest absolute Gasteiger partial charge is 0.389 e. The number of rotatable bonds is 4. The van der Waals surface area contributed by atoms with E-state index in [0.29, 0.717) is 0 Å². The Labute approximate surface area is 149 Å². The summed E-state index contributed by atoms with van der Waals surface area (Å²) in [6.07, 6.45) is -4.73. The van der Waals surface area contributed by atoms with Gasteiger partial charge in [0, 0.05) is 43.1 Å². The third-order valence-corrected chi connectivity index (χ3v) is 4.02. The molecule has 1 aliphatic heterocycles. The molecule has 1 N–H and O–H groups in total. The molecule has 1 fully saturated rings. The van der Waals surface area contributed by atoms with Gasteiger partial charge in [-0.2, -0.15) is 13.2 Å². The molecule has 1 aliphatic rings. The van der Waals surface area contributed by atoms with Crippen molar-refractivity contribution in [1.29, 1.82) is 0 Å². The molecule has 1 heterocycles. The average Bonchev–Trinajstić information content (AvgIpc) is 2.39. The topological polar surface area (TPSA) is 15.3 Å². The van der Waals surface area contributed by atoms with Crippen LogP contribution in [0.3, 0.4) is 0 Å². The maximum Gasteiger partial charge on any atom is 0.389 e. The summed E-state index contributed by atoms with van der Waals surface area (Å²) in [6.45, 7) is 3.23. The van der Waals surface area contributed by atoms with E-state index in [9.17, 15) is 13.2 Å². The molecule has 0 aliphatic carbocycles. The van der Waals surface area contributed by atoms with Crippen LogP contribution >= 0.6 is 40.7 Å². The zero-order chi connectivity index (χ0) is 14.6. The van der Waals surface area contributed by atoms with Crippen molar-refractivity contribution in [2.24, 2.45) is 0 Å². The zero-order valence-electron chi connectivity index (χ0n) is 11.9. The van der Waals surface area contributed by atoms with Crippen molar-refractivity contribution >= 4 is 40.7 Å². The van der Waals surface area contributed by atoms with E-state index < -0.39 is 12.6 Å². The van der Waals surface area contributed by atoms with Crippen molar-refractivity contribution in [3.8, 4) is 0 Å². The molecule has 1 aromatic carbocycles. The summed E-state index contributed by atoms with van der Waals surface area (Å²) in [5.41, 5.74) is 0.950. The average molecular weight is 424 g/mol. The van der Waals surface area contributed by atoms with Gasteiger partial charge in [0.15, 0.2) is 0 Å². The summed E-state index contributed by atoms with van der Waals surface area (Å²) >= 11 is 3.39. The first-order valence-corrected chi connectivity index (χ1v) is 7.52. The predicted molar refractivity (Wildman–Crippen MR) is 91.1 cm³/mol. The molecule has 0 amide bonds. The Balaban J connectivity index is 0.00000220. The van der Waals surface area contributed by atoms with Gasteiger partial charge in [0.1, 0.15) is 0 Å². The van der Waals surface area contributed by atoms with E-state index in [0.717, 1.165) is 36.2 Å². The molecule has 2 nitrogen and oxygen atoms in total. The quantitative estimate of drug-likeness (QED) is 0.762. The van der Waals surface area contributed by atoms with Crippen LogP contribution in [-0.4, -0.2) is 37.3 Å². The smallest absolute Gasteiger partial charge is 0.314 e. The highest BCUT2D eigenvalue weighted by Gasteiger charge is 2.31. The molecule has 0 unspecified atom stereocenters. The minimum Gasteiger partial charge on any atom is -0.314 e. The third kappa shape index (κ3) is 7.04. The van der Waals surface area contributed by atoms with Gasteiger partial charge in [0.25, 0.3) is 0 Å². The highest BCUT2D eigenvalue weighted by molar-refractivity contribution is 9.10. The fourth-order valence-electron chi connectivity index (χ4n) is 2.57. The summed E-state index contributed by atoms with van der Waals surface area (Å²) < 4.78 is 38.5. The van der Waals surface area contributed by atoms with E-state index in [2.05, 4.69) is 26.1 Å². The third-order valence-electron chi connectivity index (χ3n) is 3.53. The van der Waals surface area contributed by atoms with E-state index >= 15 is 0 Å². The van der Waals surface area contributed by atoms with Crippen LogP contribution in [0.1, 0.15) is 24.4 Å². The van der Waals surface area contributed by atoms with Crippen LogP contribution in [0.25, 0.3) is 0 Å². The van der Waals surface area contributed by atoms with Gasteiger partial charge in [-0.3, -0.25) is 4.90 Å². The molecule has 1 saturated heterocycles. The summed E-state index contributed by atoms with van der Waals surface area (Å²) in [5, 5.41) is 3.23. The first-order valence-electron chi connectivity index (χ1n) is 6.73. The lowest BCUT2D eigenvalue weighted by molar-refractivity contribution is -0.138. The molecule has 8 heteroatoms. The van der Waals surface area contributed by atoms with Crippen LogP contribution in [0.2, 0.25) is 0 Å². The molecule has 0 spiro atoms. The summed E-state index contributed by atoms with van der Waals surface area (Å²) in [4.78, 5) is 2.14. The molecule has 128 valence electrons. The number of hydrogen-bond donors (Lipinski definition) is 1. The number of hydrogen-bond acceptors (Lipinski definition) is 2. The number of nitrogens with one attached hydrogen (secondary N) is 1. The van der Waals surface area contributed by atoms with Gasteiger partial charge in [-0.15, -0.1) is 24.8 Å². The van der Waals surface area contributed by atoms with E-state index in [1.807, 2.05) is 24.3 Å². The minimum absolute atomic E-state index is 0. The second-order valence-corrected chi connectivity index (χ2v) is 5.93. The Morgan fingerprint density at radius 3 is 2.36 bits per heavy atom. The number of benzene rings is 1. The molecular weight excluding hydrogens is 404 g/mol. The lowest BCUT2D eigenvalue weighted by Crippen LogP contribution is -2.45. The highest BCUT2D eigenvalue weighted by Crippen LogP contribution is 2.32. The molecule has 0 radical (unpaired) electrons. The highest BCUT2D eigenvalue weighted by atomic mass is 79.9. The van der Waals surface area contributed by atoms with Gasteiger partial charge in [0.2, 0.25) is 0 Å². The van der Waals surface area contributed by atoms with Crippen molar-refractivity contribution in [2.45, 2.75) is 25.1 Å².